The van der Waals surface area contributed by atoms with Gasteiger partial charge >= 0.3 is 0 Å². The van der Waals surface area contributed by atoms with Gasteiger partial charge in [0.25, 0.3) is 0 Å². The number of amides is 3. The minimum atomic E-state index is -0.906. The summed E-state index contributed by atoms with van der Waals surface area (Å²) >= 11 is 0. The zero-order chi connectivity index (χ0) is 28.8. The molecule has 0 unspecified atom stereocenters. The number of hydrogen-bond acceptors (Lipinski definition) is 5. The number of nitrogens with one attached hydrogen (secondary N) is 3. The summed E-state index contributed by atoms with van der Waals surface area (Å²) in [6.07, 6.45) is 3.11. The van der Waals surface area contributed by atoms with E-state index in [9.17, 15) is 18.8 Å². The van der Waals surface area contributed by atoms with Crippen LogP contribution in [0.4, 0.5) is 4.39 Å². The van der Waals surface area contributed by atoms with Gasteiger partial charge in [-0.15, -0.1) is 0 Å². The first kappa shape index (κ1) is 29.5. The van der Waals surface area contributed by atoms with Crippen molar-refractivity contribution in [2.45, 2.75) is 76.6 Å². The van der Waals surface area contributed by atoms with Gasteiger partial charge in [-0.3, -0.25) is 14.4 Å². The maximum Gasteiger partial charge on any atom is 0.243 e. The first-order chi connectivity index (χ1) is 19.2. The Morgan fingerprint density at radius 3 is 2.40 bits per heavy atom. The molecule has 3 N–H and O–H groups in total. The van der Waals surface area contributed by atoms with E-state index < -0.39 is 30.0 Å². The summed E-state index contributed by atoms with van der Waals surface area (Å²) in [6.45, 7) is 6.35. The third kappa shape index (κ3) is 7.38. The molecule has 8 nitrogen and oxygen atoms in total. The molecule has 1 aliphatic heterocycles. The molecule has 1 fully saturated rings. The minimum Gasteiger partial charge on any atom is -0.489 e. The second kappa shape index (κ2) is 13.3. The van der Waals surface area contributed by atoms with E-state index in [-0.39, 0.29) is 29.7 Å². The highest BCUT2D eigenvalue weighted by molar-refractivity contribution is 5.93. The van der Waals surface area contributed by atoms with Crippen molar-refractivity contribution in [2.24, 2.45) is 5.92 Å². The van der Waals surface area contributed by atoms with E-state index in [1.807, 2.05) is 38.1 Å². The maximum atomic E-state index is 13.6. The number of ether oxygens (including phenoxy) is 1. The standard InChI is InChI=1S/C31H41FN4O4/c1-19-18-34-28(24-11-12-24)31(39)36(4)21(3)29(37)35-27(20(2)22-13-15-25(32)16-14-22)30(38)33-17-7-9-23-8-5-6-10-26(23)40-19/h5-6,8,10,13-16,19-21,24,27-28,34H,7,9,11-12,17-18H2,1-4H3,(H,33,38)(H,35,37)/t19-,20+,21-,27-,28+/m1/s1. The highest BCUT2D eigenvalue weighted by Crippen LogP contribution is 2.34. The highest BCUT2D eigenvalue weighted by Gasteiger charge is 2.40. The topological polar surface area (TPSA) is 99.8 Å². The molecule has 0 radical (unpaired) electrons. The number of carbonyl (C=O) groups is 3. The molecule has 40 heavy (non-hydrogen) atoms. The highest BCUT2D eigenvalue weighted by atomic mass is 19.1. The van der Waals surface area contributed by atoms with Crippen LogP contribution >= 0.6 is 0 Å². The van der Waals surface area contributed by atoms with Crippen LogP contribution in [0, 0.1) is 11.7 Å². The Labute approximate surface area is 236 Å². The molecule has 1 heterocycles. The van der Waals surface area contributed by atoms with Crippen LogP contribution in [-0.2, 0) is 20.8 Å². The van der Waals surface area contributed by atoms with Crippen molar-refractivity contribution in [3.05, 3.63) is 65.5 Å². The van der Waals surface area contributed by atoms with Crippen molar-refractivity contribution in [2.75, 3.05) is 20.1 Å². The fourth-order valence-electron chi connectivity index (χ4n) is 5.10. The quantitative estimate of drug-likeness (QED) is 0.543. The van der Waals surface area contributed by atoms with Crippen molar-refractivity contribution in [3.8, 4) is 5.75 Å². The molecule has 1 saturated carbocycles. The van der Waals surface area contributed by atoms with E-state index in [1.165, 1.54) is 17.0 Å². The number of aryl methyl sites for hydroxylation is 1. The van der Waals surface area contributed by atoms with E-state index in [2.05, 4.69) is 16.0 Å². The van der Waals surface area contributed by atoms with Crippen LogP contribution in [-0.4, -0.2) is 67.0 Å². The van der Waals surface area contributed by atoms with E-state index in [4.69, 9.17) is 4.74 Å². The average molecular weight is 553 g/mol. The summed E-state index contributed by atoms with van der Waals surface area (Å²) in [6, 6.07) is 11.6. The predicted molar refractivity (Wildman–Crippen MR) is 151 cm³/mol. The van der Waals surface area contributed by atoms with Gasteiger partial charge in [0.15, 0.2) is 0 Å². The van der Waals surface area contributed by atoms with Gasteiger partial charge in [0.05, 0.1) is 6.04 Å². The van der Waals surface area contributed by atoms with Crippen LogP contribution in [0.25, 0.3) is 0 Å². The van der Waals surface area contributed by atoms with Crippen LogP contribution in [0.5, 0.6) is 5.75 Å². The molecule has 4 rings (SSSR count). The van der Waals surface area contributed by atoms with Crippen molar-refractivity contribution < 1.29 is 23.5 Å². The fraction of sp³-hybridized carbons (Fsp3) is 0.516. The van der Waals surface area contributed by atoms with E-state index in [0.717, 1.165) is 29.7 Å². The number of halogens is 1. The van der Waals surface area contributed by atoms with Crippen molar-refractivity contribution in [1.29, 1.82) is 0 Å². The van der Waals surface area contributed by atoms with Crippen LogP contribution in [0.3, 0.4) is 0 Å². The van der Waals surface area contributed by atoms with E-state index >= 15 is 0 Å². The van der Waals surface area contributed by atoms with Crippen LogP contribution in [0.1, 0.15) is 57.1 Å². The number of benzene rings is 2. The lowest BCUT2D eigenvalue weighted by Gasteiger charge is -2.32. The Kier molecular flexibility index (Phi) is 9.79. The van der Waals surface area contributed by atoms with Gasteiger partial charge < -0.3 is 25.6 Å². The molecule has 2 aromatic carbocycles. The molecule has 0 bridgehead atoms. The van der Waals surface area contributed by atoms with E-state index in [1.54, 1.807) is 26.1 Å². The first-order valence-corrected chi connectivity index (χ1v) is 14.2. The Bertz CT molecular complexity index is 1190. The van der Waals surface area contributed by atoms with Gasteiger partial charge in [-0.2, -0.15) is 0 Å². The molecule has 0 aromatic heterocycles. The third-order valence-electron chi connectivity index (χ3n) is 7.99. The minimum absolute atomic E-state index is 0.161. The normalized spacial score (nSPS) is 26.4. The van der Waals surface area contributed by atoms with Crippen LogP contribution in [0.15, 0.2) is 48.5 Å². The summed E-state index contributed by atoms with van der Waals surface area (Å²) in [5.41, 5.74) is 1.76. The number of fused-ring (bicyclic) bond motifs is 1. The largest absolute Gasteiger partial charge is 0.489 e. The van der Waals surface area contributed by atoms with Gasteiger partial charge in [-0.05, 0) is 74.8 Å². The number of likely N-dealkylation sites (N-methyl/N-ethyl adjacent to an activating group) is 1. The second-order valence-corrected chi connectivity index (χ2v) is 11.1. The molecule has 3 amide bonds. The predicted octanol–water partition coefficient (Wildman–Crippen LogP) is 3.16. The molecule has 9 heteroatoms. The Morgan fingerprint density at radius 2 is 1.70 bits per heavy atom. The summed E-state index contributed by atoms with van der Waals surface area (Å²) < 4.78 is 19.8. The average Bonchev–Trinajstić information content (AvgIpc) is 3.78. The monoisotopic (exact) mass is 552 g/mol. The van der Waals surface area contributed by atoms with Gasteiger partial charge in [0, 0.05) is 26.1 Å². The lowest BCUT2D eigenvalue weighted by molar-refractivity contribution is -0.141. The first-order valence-electron chi connectivity index (χ1n) is 14.2. The molecule has 0 spiro atoms. The summed E-state index contributed by atoms with van der Waals surface area (Å²) in [5.74, 6) is -0.715. The van der Waals surface area contributed by atoms with Gasteiger partial charge in [0.1, 0.15) is 29.8 Å². The summed E-state index contributed by atoms with van der Waals surface area (Å²) in [4.78, 5) is 41.8. The lowest BCUT2D eigenvalue weighted by Crippen LogP contribution is -2.57. The third-order valence-corrected chi connectivity index (χ3v) is 7.99. The number of nitrogens with zero attached hydrogens (tertiary/aromatic N) is 1. The van der Waals surface area contributed by atoms with Crippen LogP contribution in [0.2, 0.25) is 0 Å². The number of hydrogen-bond donors (Lipinski definition) is 3. The molecule has 2 aromatic rings. The lowest BCUT2D eigenvalue weighted by atomic mass is 9.92. The van der Waals surface area contributed by atoms with Crippen molar-refractivity contribution >= 4 is 17.7 Å². The summed E-state index contributed by atoms with van der Waals surface area (Å²) in [5, 5.41) is 9.25. The molecular weight excluding hydrogens is 511 g/mol. The van der Waals surface area contributed by atoms with Gasteiger partial charge in [-0.25, -0.2) is 4.39 Å². The number of rotatable bonds is 3. The Morgan fingerprint density at radius 1 is 1.00 bits per heavy atom. The fourth-order valence-corrected chi connectivity index (χ4v) is 5.10. The molecule has 216 valence electrons. The molecule has 1 aliphatic carbocycles. The number of carbonyl (C=O) groups excluding carboxylic acids is 3. The SMILES string of the molecule is C[C@@H]1CN[C@@H](C2CC2)C(=O)N(C)[C@H](C)C(=O)N[C@H]([C@@H](C)c2ccc(F)cc2)C(=O)NCCCc2ccccc2O1. The molecule has 2 aliphatic rings. The summed E-state index contributed by atoms with van der Waals surface area (Å²) in [7, 11) is 1.62. The smallest absolute Gasteiger partial charge is 0.243 e. The van der Waals surface area contributed by atoms with Gasteiger partial charge in [-0.1, -0.05) is 37.3 Å². The van der Waals surface area contributed by atoms with Crippen molar-refractivity contribution in [1.82, 2.24) is 20.9 Å². The molecule has 0 saturated heterocycles. The Hall–Kier alpha value is -3.46. The molecule has 5 atom stereocenters. The second-order valence-electron chi connectivity index (χ2n) is 11.1. The number of para-hydroxylation sites is 1. The zero-order valence-electron chi connectivity index (χ0n) is 23.8. The van der Waals surface area contributed by atoms with Crippen LogP contribution < -0.4 is 20.7 Å². The maximum absolute atomic E-state index is 13.6. The Balaban J connectivity index is 1.59. The zero-order valence-corrected chi connectivity index (χ0v) is 23.8. The van der Waals surface area contributed by atoms with E-state index in [0.29, 0.717) is 25.9 Å². The molecular formula is C31H41FN4O4. The van der Waals surface area contributed by atoms with Gasteiger partial charge in [0.2, 0.25) is 17.7 Å². The van der Waals surface area contributed by atoms with Crippen molar-refractivity contribution in [3.63, 3.8) is 0 Å².